The van der Waals surface area contributed by atoms with E-state index in [0.29, 0.717) is 10.1 Å². The number of rotatable bonds is 3. The third kappa shape index (κ3) is 4.06. The van der Waals surface area contributed by atoms with Crippen molar-refractivity contribution in [3.63, 3.8) is 0 Å². The number of amidine groups is 1. The molecule has 3 aromatic carbocycles. The monoisotopic (exact) mass is 478 g/mol. The molecule has 30 heavy (non-hydrogen) atoms. The number of benzene rings is 3. The summed E-state index contributed by atoms with van der Waals surface area (Å²) in [5.41, 5.74) is 4.39. The molecule has 0 atom stereocenters. The fourth-order valence-electron chi connectivity index (χ4n) is 3.15. The maximum absolute atomic E-state index is 13.4. The molecule has 0 saturated carbocycles. The van der Waals surface area contributed by atoms with Crippen molar-refractivity contribution in [2.45, 2.75) is 13.8 Å². The first-order chi connectivity index (χ1) is 14.4. The molecule has 0 spiro atoms. The summed E-state index contributed by atoms with van der Waals surface area (Å²) >= 11 is 4.82. The van der Waals surface area contributed by atoms with E-state index in [-0.39, 0.29) is 11.7 Å². The van der Waals surface area contributed by atoms with Gasteiger partial charge in [-0.25, -0.2) is 4.99 Å². The number of phenolic OH excluding ortho intramolecular Hbond substituents is 1. The second-order valence-electron chi connectivity index (χ2n) is 6.92. The van der Waals surface area contributed by atoms with Crippen molar-refractivity contribution in [1.82, 2.24) is 0 Å². The number of thioether (sulfide) groups is 1. The van der Waals surface area contributed by atoms with Crippen LogP contribution in [0.25, 0.3) is 6.08 Å². The number of anilines is 1. The summed E-state index contributed by atoms with van der Waals surface area (Å²) in [5.74, 6) is 0.00179. The normalized spacial score (nSPS) is 16.6. The van der Waals surface area contributed by atoms with Gasteiger partial charge in [0.1, 0.15) is 5.75 Å². The van der Waals surface area contributed by atoms with Crippen LogP contribution in [0.1, 0.15) is 16.7 Å². The molecule has 1 fully saturated rings. The van der Waals surface area contributed by atoms with Crippen molar-refractivity contribution >= 4 is 56.2 Å². The minimum Gasteiger partial charge on any atom is -0.508 e. The molecular formula is C24H19BrN2O2S. The molecule has 4 rings (SSSR count). The third-order valence-corrected chi connectivity index (χ3v) is 6.45. The van der Waals surface area contributed by atoms with Gasteiger partial charge in [-0.05, 0) is 78.7 Å². The van der Waals surface area contributed by atoms with Crippen LogP contribution in [-0.4, -0.2) is 16.2 Å². The number of aliphatic imine (C=N–C) groups is 1. The summed E-state index contributed by atoms with van der Waals surface area (Å²) in [6, 6.07) is 20.6. The molecule has 0 aliphatic carbocycles. The first kappa shape index (κ1) is 20.4. The van der Waals surface area contributed by atoms with Gasteiger partial charge in [0.05, 0.1) is 16.3 Å². The minimum atomic E-state index is -0.142. The number of aromatic hydroxyl groups is 1. The van der Waals surface area contributed by atoms with Crippen LogP contribution in [-0.2, 0) is 4.79 Å². The van der Waals surface area contributed by atoms with E-state index in [1.165, 1.54) is 11.8 Å². The van der Waals surface area contributed by atoms with E-state index >= 15 is 0 Å². The van der Waals surface area contributed by atoms with Gasteiger partial charge in [0.25, 0.3) is 5.91 Å². The molecule has 4 nitrogen and oxygen atoms in total. The van der Waals surface area contributed by atoms with Gasteiger partial charge in [-0.2, -0.15) is 0 Å². The zero-order chi connectivity index (χ0) is 21.3. The Balaban J connectivity index is 1.84. The second kappa shape index (κ2) is 8.50. The Hall–Kier alpha value is -2.83. The van der Waals surface area contributed by atoms with E-state index in [0.717, 1.165) is 32.5 Å². The molecule has 0 aromatic heterocycles. The zero-order valence-electron chi connectivity index (χ0n) is 16.5. The molecule has 1 aliphatic rings. The average Bonchev–Trinajstić information content (AvgIpc) is 3.02. The van der Waals surface area contributed by atoms with Crippen LogP contribution >= 0.6 is 27.7 Å². The Kier molecular flexibility index (Phi) is 5.79. The maximum atomic E-state index is 13.4. The average molecular weight is 479 g/mol. The van der Waals surface area contributed by atoms with E-state index in [1.807, 2.05) is 62.4 Å². The molecule has 6 heteroatoms. The SMILES string of the molecule is Cc1ccccc1N=C1S/C(=C\c2cc(O)ccc2Br)C(=O)N1c1ccccc1C. The van der Waals surface area contributed by atoms with Crippen LogP contribution in [0.5, 0.6) is 5.75 Å². The van der Waals surface area contributed by atoms with Gasteiger partial charge in [-0.3, -0.25) is 9.69 Å². The van der Waals surface area contributed by atoms with Crippen LogP contribution in [0.4, 0.5) is 11.4 Å². The molecular weight excluding hydrogens is 460 g/mol. The van der Waals surface area contributed by atoms with Gasteiger partial charge in [-0.15, -0.1) is 0 Å². The number of nitrogens with zero attached hydrogens (tertiary/aromatic N) is 2. The first-order valence-corrected chi connectivity index (χ1v) is 11.0. The second-order valence-corrected chi connectivity index (χ2v) is 8.79. The highest BCUT2D eigenvalue weighted by molar-refractivity contribution is 9.10. The zero-order valence-corrected chi connectivity index (χ0v) is 18.9. The molecule has 3 aromatic rings. The lowest BCUT2D eigenvalue weighted by molar-refractivity contribution is -0.113. The number of carbonyl (C=O) groups excluding carboxylic acids is 1. The highest BCUT2D eigenvalue weighted by Crippen LogP contribution is 2.39. The Labute approximate surface area is 188 Å². The number of para-hydroxylation sites is 2. The maximum Gasteiger partial charge on any atom is 0.271 e. The third-order valence-electron chi connectivity index (χ3n) is 4.76. The molecule has 1 amide bonds. The van der Waals surface area contributed by atoms with Gasteiger partial charge in [-0.1, -0.05) is 52.3 Å². The van der Waals surface area contributed by atoms with Crippen molar-refractivity contribution < 1.29 is 9.90 Å². The van der Waals surface area contributed by atoms with Crippen LogP contribution in [0, 0.1) is 13.8 Å². The molecule has 0 unspecified atom stereocenters. The summed E-state index contributed by atoms with van der Waals surface area (Å²) in [4.78, 5) is 20.4. The Bertz CT molecular complexity index is 1200. The van der Waals surface area contributed by atoms with Gasteiger partial charge < -0.3 is 5.11 Å². The van der Waals surface area contributed by atoms with Crippen molar-refractivity contribution in [3.8, 4) is 5.75 Å². The molecule has 1 heterocycles. The molecule has 1 saturated heterocycles. The number of carbonyl (C=O) groups is 1. The first-order valence-electron chi connectivity index (χ1n) is 9.36. The summed E-state index contributed by atoms with van der Waals surface area (Å²) in [5, 5.41) is 10.4. The summed E-state index contributed by atoms with van der Waals surface area (Å²) in [6.45, 7) is 3.98. The van der Waals surface area contributed by atoms with E-state index < -0.39 is 0 Å². The van der Waals surface area contributed by atoms with E-state index in [1.54, 1.807) is 29.2 Å². The predicted octanol–water partition coefficient (Wildman–Crippen LogP) is 6.58. The van der Waals surface area contributed by atoms with E-state index in [4.69, 9.17) is 4.99 Å². The summed E-state index contributed by atoms with van der Waals surface area (Å²) in [6.07, 6.45) is 1.78. The molecule has 150 valence electrons. The smallest absolute Gasteiger partial charge is 0.271 e. The number of halogens is 1. The Morgan fingerprint density at radius 1 is 1.00 bits per heavy atom. The summed E-state index contributed by atoms with van der Waals surface area (Å²) < 4.78 is 0.799. The van der Waals surface area contributed by atoms with Crippen LogP contribution in [0.2, 0.25) is 0 Å². The van der Waals surface area contributed by atoms with Gasteiger partial charge >= 0.3 is 0 Å². The van der Waals surface area contributed by atoms with Gasteiger partial charge in [0.15, 0.2) is 5.17 Å². The van der Waals surface area contributed by atoms with Crippen LogP contribution < -0.4 is 4.90 Å². The number of aryl methyl sites for hydroxylation is 2. The summed E-state index contributed by atoms with van der Waals surface area (Å²) in [7, 11) is 0. The van der Waals surface area contributed by atoms with Crippen LogP contribution in [0.3, 0.4) is 0 Å². The lowest BCUT2D eigenvalue weighted by Crippen LogP contribution is -2.29. The lowest BCUT2D eigenvalue weighted by Gasteiger charge is -2.18. The van der Waals surface area contributed by atoms with Crippen molar-refractivity contribution in [2.24, 2.45) is 4.99 Å². The van der Waals surface area contributed by atoms with Crippen LogP contribution in [0.15, 0.2) is 81.1 Å². The van der Waals surface area contributed by atoms with Gasteiger partial charge in [0.2, 0.25) is 0 Å². The number of phenols is 1. The Morgan fingerprint density at radius 2 is 1.70 bits per heavy atom. The number of hydrogen-bond acceptors (Lipinski definition) is 4. The topological polar surface area (TPSA) is 52.9 Å². The van der Waals surface area contributed by atoms with Gasteiger partial charge in [0, 0.05) is 4.47 Å². The molecule has 1 aliphatic heterocycles. The number of hydrogen-bond donors (Lipinski definition) is 1. The van der Waals surface area contributed by atoms with Crippen molar-refractivity contribution in [1.29, 1.82) is 0 Å². The quantitative estimate of drug-likeness (QED) is 0.432. The van der Waals surface area contributed by atoms with Crippen molar-refractivity contribution in [2.75, 3.05) is 4.90 Å². The predicted molar refractivity (Wildman–Crippen MR) is 128 cm³/mol. The lowest BCUT2D eigenvalue weighted by atomic mass is 10.1. The highest BCUT2D eigenvalue weighted by atomic mass is 79.9. The number of amides is 1. The fraction of sp³-hybridized carbons (Fsp3) is 0.0833. The van der Waals surface area contributed by atoms with Crippen molar-refractivity contribution in [3.05, 3.63) is 92.8 Å². The largest absolute Gasteiger partial charge is 0.508 e. The molecule has 1 N–H and O–H groups in total. The Morgan fingerprint density at radius 3 is 2.43 bits per heavy atom. The molecule has 0 radical (unpaired) electrons. The standard InChI is InChI=1S/C24H19BrN2O2S/c1-15-7-3-5-9-20(15)26-24-27(21-10-6-4-8-16(21)2)23(29)22(30-24)14-17-13-18(28)11-12-19(17)25/h3-14,28H,1-2H3/b22-14-,26-24?. The highest BCUT2D eigenvalue weighted by Gasteiger charge is 2.35. The minimum absolute atomic E-state index is 0.142. The molecule has 0 bridgehead atoms. The van der Waals surface area contributed by atoms with E-state index in [9.17, 15) is 9.90 Å². The fourth-order valence-corrected chi connectivity index (χ4v) is 4.49. The van der Waals surface area contributed by atoms with E-state index in [2.05, 4.69) is 15.9 Å².